The third-order valence-electron chi connectivity index (χ3n) is 6.17. The molecule has 2 amide bonds. The summed E-state index contributed by atoms with van der Waals surface area (Å²) < 4.78 is 0. The summed E-state index contributed by atoms with van der Waals surface area (Å²) in [6.45, 7) is 9.75. The van der Waals surface area contributed by atoms with Crippen molar-refractivity contribution >= 4 is 28.9 Å². The minimum absolute atomic E-state index is 0.0208. The van der Waals surface area contributed by atoms with Crippen molar-refractivity contribution in [3.05, 3.63) is 53.6 Å². The van der Waals surface area contributed by atoms with E-state index in [4.69, 9.17) is 0 Å². The predicted molar refractivity (Wildman–Crippen MR) is 117 cm³/mol. The highest BCUT2D eigenvalue weighted by atomic mass is 16.2. The molecule has 0 unspecified atom stereocenters. The van der Waals surface area contributed by atoms with Crippen LogP contribution < -0.4 is 15.1 Å². The Balaban J connectivity index is 1.45. The molecule has 2 aliphatic heterocycles. The van der Waals surface area contributed by atoms with Crippen molar-refractivity contribution in [2.75, 3.05) is 47.8 Å². The Hall–Kier alpha value is -2.86. The Labute approximate surface area is 172 Å². The number of benzene rings is 2. The number of para-hydroxylation sites is 2. The van der Waals surface area contributed by atoms with Gasteiger partial charge in [-0.25, -0.2) is 0 Å². The van der Waals surface area contributed by atoms with Gasteiger partial charge in [0.15, 0.2) is 0 Å². The minimum Gasteiger partial charge on any atom is -0.369 e. The molecular weight excluding hydrogens is 364 g/mol. The highest BCUT2D eigenvalue weighted by Crippen LogP contribution is 2.30. The standard InChI is InChI=1S/C23H28N4O2/c1-16-7-6-10-20(17(16)2)26-13-11-25(12-14-26)18(3)23(29)27-15-22(28)24-19-8-4-5-9-21(19)27/h4-10,18H,11-15H2,1-3H3,(H,24,28)/t18-/m1/s1. The first-order chi connectivity index (χ1) is 14.0. The molecule has 29 heavy (non-hydrogen) atoms. The van der Waals surface area contributed by atoms with Crippen molar-refractivity contribution in [2.24, 2.45) is 0 Å². The molecule has 1 saturated heterocycles. The van der Waals surface area contributed by atoms with Gasteiger partial charge in [-0.3, -0.25) is 19.4 Å². The van der Waals surface area contributed by atoms with Gasteiger partial charge in [0.1, 0.15) is 6.54 Å². The molecular formula is C23H28N4O2. The van der Waals surface area contributed by atoms with E-state index in [0.29, 0.717) is 5.69 Å². The van der Waals surface area contributed by atoms with E-state index in [-0.39, 0.29) is 24.4 Å². The molecule has 0 aromatic heterocycles. The van der Waals surface area contributed by atoms with E-state index in [1.165, 1.54) is 16.8 Å². The van der Waals surface area contributed by atoms with E-state index >= 15 is 0 Å². The van der Waals surface area contributed by atoms with E-state index in [1.54, 1.807) is 4.90 Å². The maximum atomic E-state index is 13.2. The molecule has 0 radical (unpaired) electrons. The van der Waals surface area contributed by atoms with Crippen LogP contribution in [0.15, 0.2) is 42.5 Å². The monoisotopic (exact) mass is 392 g/mol. The molecule has 1 N–H and O–H groups in total. The Morgan fingerprint density at radius 3 is 2.41 bits per heavy atom. The molecule has 152 valence electrons. The lowest BCUT2D eigenvalue weighted by molar-refractivity contribution is -0.125. The van der Waals surface area contributed by atoms with Crippen LogP contribution in [0.5, 0.6) is 0 Å². The van der Waals surface area contributed by atoms with Crippen molar-refractivity contribution in [3.63, 3.8) is 0 Å². The number of piperazine rings is 1. The van der Waals surface area contributed by atoms with E-state index in [2.05, 4.69) is 47.2 Å². The van der Waals surface area contributed by atoms with Crippen LogP contribution in [-0.2, 0) is 9.59 Å². The first kappa shape index (κ1) is 19.5. The van der Waals surface area contributed by atoms with Crippen LogP contribution >= 0.6 is 0 Å². The number of amides is 2. The van der Waals surface area contributed by atoms with Gasteiger partial charge < -0.3 is 10.2 Å². The van der Waals surface area contributed by atoms with Crippen LogP contribution in [0.25, 0.3) is 0 Å². The number of nitrogens with zero attached hydrogens (tertiary/aromatic N) is 3. The van der Waals surface area contributed by atoms with Gasteiger partial charge in [0.05, 0.1) is 17.4 Å². The van der Waals surface area contributed by atoms with Crippen LogP contribution in [0.3, 0.4) is 0 Å². The Kier molecular flexibility index (Phi) is 5.28. The average Bonchev–Trinajstić information content (AvgIpc) is 2.74. The van der Waals surface area contributed by atoms with E-state index in [1.807, 2.05) is 31.2 Å². The normalized spacial score (nSPS) is 18.2. The highest BCUT2D eigenvalue weighted by molar-refractivity contribution is 6.11. The quantitative estimate of drug-likeness (QED) is 0.873. The number of anilines is 3. The molecule has 0 saturated carbocycles. The number of fused-ring (bicyclic) bond motifs is 1. The van der Waals surface area contributed by atoms with Gasteiger partial charge >= 0.3 is 0 Å². The fourth-order valence-corrected chi connectivity index (χ4v) is 4.24. The zero-order valence-corrected chi connectivity index (χ0v) is 17.3. The van der Waals surface area contributed by atoms with E-state index in [0.717, 1.165) is 31.9 Å². The molecule has 4 rings (SSSR count). The van der Waals surface area contributed by atoms with Crippen LogP contribution in [0.2, 0.25) is 0 Å². The number of nitrogens with one attached hydrogen (secondary N) is 1. The first-order valence-electron chi connectivity index (χ1n) is 10.2. The van der Waals surface area contributed by atoms with E-state index in [9.17, 15) is 9.59 Å². The molecule has 2 aliphatic rings. The van der Waals surface area contributed by atoms with Crippen molar-refractivity contribution in [1.29, 1.82) is 0 Å². The Morgan fingerprint density at radius 2 is 1.66 bits per heavy atom. The van der Waals surface area contributed by atoms with Crippen LogP contribution in [-0.4, -0.2) is 55.5 Å². The maximum Gasteiger partial charge on any atom is 0.244 e. The molecule has 1 fully saturated rings. The molecule has 0 bridgehead atoms. The van der Waals surface area contributed by atoms with Gasteiger partial charge in [0.25, 0.3) is 0 Å². The molecule has 6 nitrogen and oxygen atoms in total. The van der Waals surface area contributed by atoms with Crippen molar-refractivity contribution in [1.82, 2.24) is 4.90 Å². The summed E-state index contributed by atoms with van der Waals surface area (Å²) in [7, 11) is 0. The lowest BCUT2D eigenvalue weighted by atomic mass is 10.1. The number of carbonyl (C=O) groups excluding carboxylic acids is 2. The van der Waals surface area contributed by atoms with Crippen LogP contribution in [0.1, 0.15) is 18.1 Å². The second kappa shape index (κ2) is 7.87. The zero-order valence-electron chi connectivity index (χ0n) is 17.3. The summed E-state index contributed by atoms with van der Waals surface area (Å²) in [4.78, 5) is 31.6. The smallest absolute Gasteiger partial charge is 0.244 e. The molecule has 2 aromatic carbocycles. The number of aryl methyl sites for hydroxylation is 1. The van der Waals surface area contributed by atoms with Crippen molar-refractivity contribution in [2.45, 2.75) is 26.8 Å². The second-order valence-electron chi connectivity index (χ2n) is 7.91. The lowest BCUT2D eigenvalue weighted by Crippen LogP contribution is -2.56. The summed E-state index contributed by atoms with van der Waals surface area (Å²) in [5.41, 5.74) is 5.38. The van der Waals surface area contributed by atoms with Gasteiger partial charge in [-0.2, -0.15) is 0 Å². The summed E-state index contributed by atoms with van der Waals surface area (Å²) in [6.07, 6.45) is 0. The van der Waals surface area contributed by atoms with Gasteiger partial charge in [-0.05, 0) is 50.1 Å². The molecule has 0 aliphatic carbocycles. The highest BCUT2D eigenvalue weighted by Gasteiger charge is 2.33. The SMILES string of the molecule is Cc1cccc(N2CCN([C@H](C)C(=O)N3CC(=O)Nc4ccccc43)CC2)c1C. The van der Waals surface area contributed by atoms with Crippen molar-refractivity contribution < 1.29 is 9.59 Å². The van der Waals surface area contributed by atoms with Crippen LogP contribution in [0.4, 0.5) is 17.1 Å². The molecule has 2 heterocycles. The van der Waals surface area contributed by atoms with Crippen molar-refractivity contribution in [3.8, 4) is 0 Å². The lowest BCUT2D eigenvalue weighted by Gasteiger charge is -2.41. The number of rotatable bonds is 3. The van der Waals surface area contributed by atoms with Gasteiger partial charge in [-0.15, -0.1) is 0 Å². The van der Waals surface area contributed by atoms with Gasteiger partial charge in [-0.1, -0.05) is 24.3 Å². The Morgan fingerprint density at radius 1 is 0.966 bits per heavy atom. The topological polar surface area (TPSA) is 55.9 Å². The Bertz CT molecular complexity index is 934. The molecule has 1 atom stereocenters. The van der Waals surface area contributed by atoms with Gasteiger partial charge in [0, 0.05) is 31.9 Å². The average molecular weight is 393 g/mol. The number of hydrogen-bond donors (Lipinski definition) is 1. The maximum absolute atomic E-state index is 13.2. The fourth-order valence-electron chi connectivity index (χ4n) is 4.24. The predicted octanol–water partition coefficient (Wildman–Crippen LogP) is 2.80. The third-order valence-corrected chi connectivity index (χ3v) is 6.17. The molecule has 2 aromatic rings. The van der Waals surface area contributed by atoms with E-state index < -0.39 is 0 Å². The summed E-state index contributed by atoms with van der Waals surface area (Å²) in [5, 5.41) is 2.84. The van der Waals surface area contributed by atoms with Crippen LogP contribution in [0, 0.1) is 13.8 Å². The third kappa shape index (κ3) is 3.72. The minimum atomic E-state index is -0.269. The molecule has 6 heteroatoms. The number of carbonyl (C=O) groups is 2. The van der Waals surface area contributed by atoms with Gasteiger partial charge in [0.2, 0.25) is 11.8 Å². The summed E-state index contributed by atoms with van der Waals surface area (Å²) in [5.74, 6) is -0.170. The second-order valence-corrected chi connectivity index (χ2v) is 7.91. The largest absolute Gasteiger partial charge is 0.369 e. The summed E-state index contributed by atoms with van der Waals surface area (Å²) in [6, 6.07) is 13.6. The molecule has 0 spiro atoms. The fraction of sp³-hybridized carbons (Fsp3) is 0.391. The first-order valence-corrected chi connectivity index (χ1v) is 10.2. The summed E-state index contributed by atoms with van der Waals surface area (Å²) >= 11 is 0. The number of hydrogen-bond acceptors (Lipinski definition) is 4. The zero-order chi connectivity index (χ0) is 20.5.